The fourth-order valence-electron chi connectivity index (χ4n) is 7.04. The van der Waals surface area contributed by atoms with Crippen molar-refractivity contribution in [3.63, 3.8) is 0 Å². The molecular weight excluding hydrogens is 436 g/mol. The first-order chi connectivity index (χ1) is 16.6. The number of hydrogen-bond acceptors (Lipinski definition) is 4. The Morgan fingerprint density at radius 2 is 1.94 bits per heavy atom. The van der Waals surface area contributed by atoms with Gasteiger partial charge in [0.25, 0.3) is 0 Å². The lowest BCUT2D eigenvalue weighted by Crippen LogP contribution is -2.39. The third kappa shape index (κ3) is 6.13. The summed E-state index contributed by atoms with van der Waals surface area (Å²) in [5.41, 5.74) is 2.75. The van der Waals surface area contributed by atoms with Gasteiger partial charge in [-0.3, -0.25) is 0 Å². The second-order valence-corrected chi connectivity index (χ2v) is 11.6. The molecule has 0 amide bonds. The van der Waals surface area contributed by atoms with Crippen LogP contribution in [-0.2, 0) is 4.74 Å². The van der Waals surface area contributed by atoms with Crippen molar-refractivity contribution in [2.75, 3.05) is 7.11 Å². The largest absolute Gasteiger partial charge is 0.393 e. The minimum Gasteiger partial charge on any atom is -0.393 e. The van der Waals surface area contributed by atoms with Crippen molar-refractivity contribution in [2.45, 2.75) is 116 Å². The SMILES string of the molecule is C=C1/C(=C/C=C2\CCC[C@]3(C)[C@@H]([C@@H](C)[C@@H](C#CCC(O)(CC)CC)OC)CC[C@@H]23)C[C@@H](O)C[C@@H]1O. The topological polar surface area (TPSA) is 69.9 Å². The zero-order valence-corrected chi connectivity index (χ0v) is 22.6. The van der Waals surface area contributed by atoms with Crippen LogP contribution in [0, 0.1) is 35.0 Å². The van der Waals surface area contributed by atoms with Crippen molar-refractivity contribution in [1.29, 1.82) is 0 Å². The van der Waals surface area contributed by atoms with Crippen LogP contribution in [0.2, 0.25) is 0 Å². The van der Waals surface area contributed by atoms with Crippen LogP contribution in [0.4, 0.5) is 0 Å². The number of allylic oxidation sites excluding steroid dienone is 3. The van der Waals surface area contributed by atoms with E-state index in [1.807, 2.05) is 13.8 Å². The van der Waals surface area contributed by atoms with E-state index in [0.29, 0.717) is 49.9 Å². The highest BCUT2D eigenvalue weighted by Gasteiger charge is 2.51. The molecule has 0 aromatic heterocycles. The molecule has 4 nitrogen and oxygen atoms in total. The molecule has 4 heteroatoms. The Balaban J connectivity index is 1.76. The van der Waals surface area contributed by atoms with Gasteiger partial charge in [0.1, 0.15) is 6.10 Å². The van der Waals surface area contributed by atoms with Gasteiger partial charge in [0.15, 0.2) is 0 Å². The molecule has 196 valence electrons. The van der Waals surface area contributed by atoms with Gasteiger partial charge in [-0.15, -0.1) is 0 Å². The number of rotatable bonds is 7. The van der Waals surface area contributed by atoms with Crippen molar-refractivity contribution in [1.82, 2.24) is 0 Å². The lowest BCUT2D eigenvalue weighted by Gasteiger charge is -2.45. The standard InChI is InChI=1S/C31H48O4/c1-7-31(34,8-2)18-10-12-29(35-6)22(4)26-15-16-27-23(11-9-17-30(26,27)5)13-14-24-19-25(32)20-28(33)21(24)3/h13-14,22,25-29,32-34H,3,7-9,11,15-20H2,1-2,4-6H3/b23-13+,24-14+/t22-,25-,26-,27+,28+,29-,30-/m1/s1. The number of fused-ring (bicyclic) bond motifs is 1. The molecule has 0 aliphatic heterocycles. The van der Waals surface area contributed by atoms with Crippen molar-refractivity contribution >= 4 is 0 Å². The first kappa shape index (κ1) is 28.2. The number of aliphatic hydroxyl groups is 3. The molecule has 3 aliphatic rings. The molecule has 3 saturated carbocycles. The van der Waals surface area contributed by atoms with Gasteiger partial charge in [-0.2, -0.15) is 0 Å². The molecule has 35 heavy (non-hydrogen) atoms. The van der Waals surface area contributed by atoms with E-state index in [2.05, 4.69) is 44.4 Å². The predicted octanol–water partition coefficient (Wildman–Crippen LogP) is 5.72. The van der Waals surface area contributed by atoms with E-state index in [4.69, 9.17) is 4.74 Å². The normalized spacial score (nSPS) is 35.5. The zero-order chi connectivity index (χ0) is 25.8. The monoisotopic (exact) mass is 484 g/mol. The van der Waals surface area contributed by atoms with E-state index in [1.54, 1.807) is 7.11 Å². The second-order valence-electron chi connectivity index (χ2n) is 11.6. The van der Waals surface area contributed by atoms with E-state index in [9.17, 15) is 15.3 Å². The highest BCUT2D eigenvalue weighted by atomic mass is 16.5. The van der Waals surface area contributed by atoms with Crippen LogP contribution in [-0.4, -0.2) is 46.3 Å². The summed E-state index contributed by atoms with van der Waals surface area (Å²) < 4.78 is 5.88. The molecule has 3 N–H and O–H groups in total. The summed E-state index contributed by atoms with van der Waals surface area (Å²) in [5.74, 6) is 8.01. The molecule has 3 fully saturated rings. The highest BCUT2D eigenvalue weighted by molar-refractivity contribution is 5.38. The van der Waals surface area contributed by atoms with Crippen molar-refractivity contribution in [3.05, 3.63) is 35.5 Å². The maximum absolute atomic E-state index is 10.6. The van der Waals surface area contributed by atoms with Crippen LogP contribution in [0.25, 0.3) is 0 Å². The number of ether oxygens (including phenoxy) is 1. The Bertz CT molecular complexity index is 870. The maximum atomic E-state index is 10.6. The van der Waals surface area contributed by atoms with Gasteiger partial charge >= 0.3 is 0 Å². The van der Waals surface area contributed by atoms with Gasteiger partial charge in [0.05, 0.1) is 17.8 Å². The Hall–Kier alpha value is -1.38. The smallest absolute Gasteiger partial charge is 0.120 e. The van der Waals surface area contributed by atoms with Gasteiger partial charge in [-0.05, 0) is 85.7 Å². The van der Waals surface area contributed by atoms with Crippen LogP contribution in [0.1, 0.15) is 91.9 Å². The Labute approximate surface area is 213 Å². The summed E-state index contributed by atoms with van der Waals surface area (Å²) in [7, 11) is 1.76. The lowest BCUT2D eigenvalue weighted by molar-refractivity contribution is 0.0224. The van der Waals surface area contributed by atoms with Gasteiger partial charge in [0, 0.05) is 20.0 Å². The van der Waals surface area contributed by atoms with Crippen LogP contribution in [0.5, 0.6) is 0 Å². The zero-order valence-electron chi connectivity index (χ0n) is 22.6. The molecule has 7 atom stereocenters. The van der Waals surface area contributed by atoms with Crippen molar-refractivity contribution < 1.29 is 20.1 Å². The third-order valence-corrected chi connectivity index (χ3v) is 9.65. The molecule has 0 radical (unpaired) electrons. The molecule has 0 unspecified atom stereocenters. The van der Waals surface area contributed by atoms with Gasteiger partial charge in [0.2, 0.25) is 0 Å². The minimum atomic E-state index is -0.702. The summed E-state index contributed by atoms with van der Waals surface area (Å²) in [6.07, 6.45) is 11.9. The van der Waals surface area contributed by atoms with E-state index in [1.165, 1.54) is 31.3 Å². The molecule has 0 bridgehead atoms. The molecule has 0 spiro atoms. The lowest BCUT2D eigenvalue weighted by atomic mass is 9.60. The summed E-state index contributed by atoms with van der Waals surface area (Å²) in [5, 5.41) is 30.9. The molecule has 3 rings (SSSR count). The van der Waals surface area contributed by atoms with E-state index in [0.717, 1.165) is 17.6 Å². The van der Waals surface area contributed by atoms with Crippen molar-refractivity contribution in [3.8, 4) is 11.8 Å². The van der Waals surface area contributed by atoms with Gasteiger partial charge in [-0.1, -0.05) is 63.8 Å². The molecule has 0 aromatic rings. The van der Waals surface area contributed by atoms with E-state index < -0.39 is 17.8 Å². The number of aliphatic hydroxyl groups excluding tert-OH is 2. The highest BCUT2D eigenvalue weighted by Crippen LogP contribution is 2.59. The molecular formula is C31H48O4. The maximum Gasteiger partial charge on any atom is 0.120 e. The van der Waals surface area contributed by atoms with Crippen LogP contribution in [0.3, 0.4) is 0 Å². The average Bonchev–Trinajstić information content (AvgIpc) is 3.20. The number of hydrogen-bond donors (Lipinski definition) is 3. The van der Waals surface area contributed by atoms with Crippen LogP contribution < -0.4 is 0 Å². The summed E-state index contributed by atoms with van der Waals surface area (Å²) in [4.78, 5) is 0. The Morgan fingerprint density at radius 1 is 1.23 bits per heavy atom. The Kier molecular flexibility index (Phi) is 9.49. The summed E-state index contributed by atoms with van der Waals surface area (Å²) >= 11 is 0. The fourth-order valence-corrected chi connectivity index (χ4v) is 7.04. The van der Waals surface area contributed by atoms with Gasteiger partial charge in [-0.25, -0.2) is 0 Å². The number of methoxy groups -OCH3 is 1. The second kappa shape index (κ2) is 11.8. The molecule has 0 aromatic carbocycles. The van der Waals surface area contributed by atoms with Gasteiger partial charge < -0.3 is 20.1 Å². The molecule has 0 heterocycles. The molecule has 3 aliphatic carbocycles. The minimum absolute atomic E-state index is 0.126. The third-order valence-electron chi connectivity index (χ3n) is 9.65. The first-order valence-electron chi connectivity index (χ1n) is 13.8. The fraction of sp³-hybridized carbons (Fsp3) is 0.742. The predicted molar refractivity (Wildman–Crippen MR) is 143 cm³/mol. The summed E-state index contributed by atoms with van der Waals surface area (Å²) in [6.45, 7) is 12.9. The average molecular weight is 485 g/mol. The van der Waals surface area contributed by atoms with Crippen LogP contribution in [0.15, 0.2) is 35.5 Å². The molecule has 0 saturated heterocycles. The quantitative estimate of drug-likeness (QED) is 0.404. The van der Waals surface area contributed by atoms with Crippen LogP contribution >= 0.6 is 0 Å². The van der Waals surface area contributed by atoms with Crippen molar-refractivity contribution in [2.24, 2.45) is 23.2 Å². The first-order valence-corrected chi connectivity index (χ1v) is 13.8. The van der Waals surface area contributed by atoms with E-state index in [-0.39, 0.29) is 11.5 Å². The Morgan fingerprint density at radius 3 is 2.60 bits per heavy atom. The van der Waals surface area contributed by atoms with E-state index >= 15 is 0 Å². The summed E-state index contributed by atoms with van der Waals surface area (Å²) in [6, 6.07) is 0.